The van der Waals surface area contributed by atoms with Gasteiger partial charge in [0.25, 0.3) is 0 Å². The van der Waals surface area contributed by atoms with Crippen LogP contribution in [0.5, 0.6) is 0 Å². The molecule has 2 atom stereocenters. The molecule has 0 spiro atoms. The fourth-order valence-corrected chi connectivity index (χ4v) is 2.85. The second kappa shape index (κ2) is 5.83. The molecule has 1 saturated heterocycles. The zero-order valence-corrected chi connectivity index (χ0v) is 11.9. The Hall–Kier alpha value is -1.55. The first-order valence-corrected chi connectivity index (χ1v) is 7.39. The molecule has 0 N–H and O–H groups in total. The minimum Gasteiger partial charge on any atom is -0.466 e. The highest BCUT2D eigenvalue weighted by Crippen LogP contribution is 2.48. The van der Waals surface area contributed by atoms with Crippen LogP contribution in [-0.4, -0.2) is 38.9 Å². The first-order chi connectivity index (χ1) is 9.79. The Kier molecular flexibility index (Phi) is 3.92. The second-order valence-electron chi connectivity index (χ2n) is 5.40. The number of carbonyl (C=O) groups excluding carboxylic acids is 1. The smallest absolute Gasteiger partial charge is 0.309 e. The van der Waals surface area contributed by atoms with Gasteiger partial charge in [-0.25, -0.2) is 0 Å². The van der Waals surface area contributed by atoms with Crippen LogP contribution < -0.4 is 4.90 Å². The van der Waals surface area contributed by atoms with Gasteiger partial charge in [0, 0.05) is 18.8 Å². The van der Waals surface area contributed by atoms with Crippen molar-refractivity contribution in [3.05, 3.63) is 29.8 Å². The molecule has 0 radical (unpaired) electrons. The fraction of sp³-hybridized carbons (Fsp3) is 0.562. The Labute approximate surface area is 119 Å². The largest absolute Gasteiger partial charge is 0.466 e. The summed E-state index contributed by atoms with van der Waals surface area (Å²) in [6.07, 6.45) is 0.922. The van der Waals surface area contributed by atoms with Gasteiger partial charge in [-0.05, 0) is 37.0 Å². The summed E-state index contributed by atoms with van der Waals surface area (Å²) in [5.41, 5.74) is 2.49. The van der Waals surface area contributed by atoms with Crippen molar-refractivity contribution < 1.29 is 14.3 Å². The first-order valence-electron chi connectivity index (χ1n) is 7.39. The average Bonchev–Trinajstić information content (AvgIpc) is 3.29. The topological polar surface area (TPSA) is 38.8 Å². The van der Waals surface area contributed by atoms with Crippen LogP contribution in [0, 0.1) is 5.92 Å². The molecule has 1 aromatic rings. The molecule has 0 aromatic heterocycles. The van der Waals surface area contributed by atoms with Crippen LogP contribution in [0.25, 0.3) is 0 Å². The summed E-state index contributed by atoms with van der Waals surface area (Å²) in [5, 5.41) is 0. The predicted octanol–water partition coefficient (Wildman–Crippen LogP) is 2.19. The van der Waals surface area contributed by atoms with Crippen molar-refractivity contribution in [3.8, 4) is 0 Å². The molecular formula is C16H21NO3. The van der Waals surface area contributed by atoms with E-state index in [1.165, 1.54) is 11.3 Å². The Bertz CT molecular complexity index is 482. The monoisotopic (exact) mass is 275 g/mol. The summed E-state index contributed by atoms with van der Waals surface area (Å²) < 4.78 is 10.5. The van der Waals surface area contributed by atoms with Crippen LogP contribution in [0.15, 0.2) is 24.3 Å². The van der Waals surface area contributed by atoms with Crippen molar-refractivity contribution in [3.63, 3.8) is 0 Å². The molecule has 2 fully saturated rings. The third-order valence-corrected chi connectivity index (χ3v) is 4.05. The van der Waals surface area contributed by atoms with E-state index in [0.29, 0.717) is 12.5 Å². The zero-order valence-electron chi connectivity index (χ0n) is 11.9. The van der Waals surface area contributed by atoms with Crippen LogP contribution in [0.4, 0.5) is 5.69 Å². The summed E-state index contributed by atoms with van der Waals surface area (Å²) >= 11 is 0. The molecule has 1 aliphatic carbocycles. The number of rotatable bonds is 4. The molecular weight excluding hydrogens is 254 g/mol. The Morgan fingerprint density at radius 1 is 1.40 bits per heavy atom. The summed E-state index contributed by atoms with van der Waals surface area (Å²) in [6, 6.07) is 8.56. The van der Waals surface area contributed by atoms with Gasteiger partial charge in [0.1, 0.15) is 0 Å². The van der Waals surface area contributed by atoms with E-state index >= 15 is 0 Å². The lowest BCUT2D eigenvalue weighted by atomic mass is 10.1. The van der Waals surface area contributed by atoms with E-state index in [9.17, 15) is 4.79 Å². The maximum Gasteiger partial charge on any atom is 0.309 e. The molecule has 4 heteroatoms. The number of morpholine rings is 1. The van der Waals surface area contributed by atoms with Crippen LogP contribution >= 0.6 is 0 Å². The maximum atomic E-state index is 11.7. The highest BCUT2D eigenvalue weighted by molar-refractivity contribution is 5.77. The van der Waals surface area contributed by atoms with Gasteiger partial charge in [-0.2, -0.15) is 0 Å². The number of anilines is 1. The van der Waals surface area contributed by atoms with Crippen LogP contribution in [0.3, 0.4) is 0 Å². The summed E-state index contributed by atoms with van der Waals surface area (Å²) in [7, 11) is 0. The SMILES string of the molecule is CCOC(=O)C1CC1c1cccc(N2CCOCC2)c1. The van der Waals surface area contributed by atoms with Gasteiger partial charge in [-0.3, -0.25) is 4.79 Å². The molecule has 2 aliphatic rings. The molecule has 1 aliphatic heterocycles. The maximum absolute atomic E-state index is 11.7. The van der Waals surface area contributed by atoms with Crippen LogP contribution in [0.2, 0.25) is 0 Å². The van der Waals surface area contributed by atoms with Crippen LogP contribution in [-0.2, 0) is 14.3 Å². The molecule has 4 nitrogen and oxygen atoms in total. The highest BCUT2D eigenvalue weighted by atomic mass is 16.5. The summed E-state index contributed by atoms with van der Waals surface area (Å²) in [6.45, 7) is 5.78. The van der Waals surface area contributed by atoms with Gasteiger partial charge in [0.05, 0.1) is 25.7 Å². The molecule has 20 heavy (non-hydrogen) atoms. The summed E-state index contributed by atoms with van der Waals surface area (Å²) in [5.74, 6) is 0.360. The number of nitrogens with zero attached hydrogens (tertiary/aromatic N) is 1. The lowest BCUT2D eigenvalue weighted by molar-refractivity contribution is -0.144. The minimum atomic E-state index is -0.0470. The van der Waals surface area contributed by atoms with Gasteiger partial charge in [0.2, 0.25) is 0 Å². The molecule has 3 rings (SSSR count). The van der Waals surface area contributed by atoms with Crippen molar-refractivity contribution in [1.29, 1.82) is 0 Å². The van der Waals surface area contributed by atoms with E-state index in [-0.39, 0.29) is 11.9 Å². The van der Waals surface area contributed by atoms with Crippen molar-refractivity contribution in [2.24, 2.45) is 5.92 Å². The predicted molar refractivity (Wildman–Crippen MR) is 77.0 cm³/mol. The van der Waals surface area contributed by atoms with E-state index < -0.39 is 0 Å². The number of ether oxygens (including phenoxy) is 2. The molecule has 0 bridgehead atoms. The van der Waals surface area contributed by atoms with Crippen molar-refractivity contribution in [2.45, 2.75) is 19.3 Å². The van der Waals surface area contributed by atoms with E-state index in [4.69, 9.17) is 9.47 Å². The van der Waals surface area contributed by atoms with Gasteiger partial charge in [-0.1, -0.05) is 12.1 Å². The van der Waals surface area contributed by atoms with Gasteiger partial charge >= 0.3 is 5.97 Å². The Morgan fingerprint density at radius 2 is 2.20 bits per heavy atom. The number of hydrogen-bond donors (Lipinski definition) is 0. The normalized spacial score (nSPS) is 25.4. The second-order valence-corrected chi connectivity index (χ2v) is 5.40. The number of hydrogen-bond acceptors (Lipinski definition) is 4. The van der Waals surface area contributed by atoms with E-state index in [2.05, 4.69) is 29.2 Å². The van der Waals surface area contributed by atoms with Crippen molar-refractivity contribution >= 4 is 11.7 Å². The standard InChI is InChI=1S/C16H21NO3/c1-2-20-16(18)15-11-14(15)12-4-3-5-13(10-12)17-6-8-19-9-7-17/h3-5,10,14-15H,2,6-9,11H2,1H3. The summed E-state index contributed by atoms with van der Waals surface area (Å²) in [4.78, 5) is 14.1. The van der Waals surface area contributed by atoms with Gasteiger partial charge in [0.15, 0.2) is 0 Å². The lowest BCUT2D eigenvalue weighted by Crippen LogP contribution is -2.36. The number of esters is 1. The molecule has 0 amide bonds. The zero-order chi connectivity index (χ0) is 13.9. The number of carbonyl (C=O) groups is 1. The molecule has 108 valence electrons. The van der Waals surface area contributed by atoms with E-state index in [1.54, 1.807) is 0 Å². The van der Waals surface area contributed by atoms with Crippen molar-refractivity contribution in [1.82, 2.24) is 0 Å². The minimum absolute atomic E-state index is 0.0470. The third kappa shape index (κ3) is 2.80. The number of benzene rings is 1. The van der Waals surface area contributed by atoms with Gasteiger partial charge in [-0.15, -0.1) is 0 Å². The molecule has 2 unspecified atom stereocenters. The van der Waals surface area contributed by atoms with E-state index in [1.807, 2.05) is 6.92 Å². The lowest BCUT2D eigenvalue weighted by Gasteiger charge is -2.29. The van der Waals surface area contributed by atoms with Crippen molar-refractivity contribution in [2.75, 3.05) is 37.8 Å². The fourth-order valence-electron chi connectivity index (χ4n) is 2.85. The molecule has 1 saturated carbocycles. The quantitative estimate of drug-likeness (QED) is 0.790. The van der Waals surface area contributed by atoms with Crippen LogP contribution in [0.1, 0.15) is 24.8 Å². The Balaban J connectivity index is 1.68. The highest BCUT2D eigenvalue weighted by Gasteiger charge is 2.45. The van der Waals surface area contributed by atoms with E-state index in [0.717, 1.165) is 32.7 Å². The third-order valence-electron chi connectivity index (χ3n) is 4.05. The first kappa shape index (κ1) is 13.4. The van der Waals surface area contributed by atoms with Gasteiger partial charge < -0.3 is 14.4 Å². The molecule has 1 heterocycles. The molecule has 1 aromatic carbocycles. The Morgan fingerprint density at radius 3 is 2.95 bits per heavy atom. The average molecular weight is 275 g/mol.